The first-order valence-electron chi connectivity index (χ1n) is 15.9. The molecule has 0 amide bonds. The maximum Gasteiger partial charge on any atom is 0.143 e. The molecule has 1 aliphatic carbocycles. The van der Waals surface area contributed by atoms with Gasteiger partial charge in [0.2, 0.25) is 0 Å². The molecule has 2 nitrogen and oxygen atoms in total. The highest BCUT2D eigenvalue weighted by Crippen LogP contribution is 2.55. The van der Waals surface area contributed by atoms with Crippen LogP contribution in [0.15, 0.2) is 174 Å². The summed E-state index contributed by atoms with van der Waals surface area (Å²) in [6.45, 7) is 2.38. The molecule has 9 rings (SSSR count). The van der Waals surface area contributed by atoms with Gasteiger partial charge in [0.1, 0.15) is 11.2 Å². The molecule has 1 aliphatic rings. The van der Waals surface area contributed by atoms with E-state index in [0.29, 0.717) is 0 Å². The van der Waals surface area contributed by atoms with Gasteiger partial charge in [-0.25, -0.2) is 0 Å². The Labute approximate surface area is 268 Å². The van der Waals surface area contributed by atoms with E-state index in [9.17, 15) is 0 Å². The molecule has 1 heterocycles. The van der Waals surface area contributed by atoms with E-state index in [1.165, 1.54) is 33.2 Å². The summed E-state index contributed by atoms with van der Waals surface area (Å²) >= 11 is 0. The van der Waals surface area contributed by atoms with Crippen molar-refractivity contribution in [2.24, 2.45) is 0 Å². The molecule has 0 saturated carbocycles. The topological polar surface area (TPSA) is 16.4 Å². The van der Waals surface area contributed by atoms with Crippen LogP contribution in [0, 0.1) is 0 Å². The summed E-state index contributed by atoms with van der Waals surface area (Å²) in [7, 11) is 0. The molecule has 0 spiro atoms. The van der Waals surface area contributed by atoms with Crippen molar-refractivity contribution in [3.8, 4) is 22.3 Å². The molecule has 1 aromatic heterocycles. The first kappa shape index (κ1) is 26.5. The van der Waals surface area contributed by atoms with Crippen LogP contribution in [-0.2, 0) is 5.41 Å². The van der Waals surface area contributed by atoms with E-state index in [2.05, 4.69) is 182 Å². The Morgan fingerprint density at radius 2 is 0.957 bits per heavy atom. The van der Waals surface area contributed by atoms with E-state index in [1.54, 1.807) is 0 Å². The predicted octanol–water partition coefficient (Wildman–Crippen LogP) is 12.1. The average molecular weight is 590 g/mol. The Kier molecular flexibility index (Phi) is 5.97. The zero-order valence-corrected chi connectivity index (χ0v) is 25.5. The Morgan fingerprint density at radius 1 is 0.435 bits per heavy atom. The van der Waals surface area contributed by atoms with Crippen LogP contribution in [0.4, 0.5) is 17.1 Å². The quantitative estimate of drug-likeness (QED) is 0.199. The first-order valence-corrected chi connectivity index (χ1v) is 15.9. The van der Waals surface area contributed by atoms with Crippen LogP contribution in [0.1, 0.15) is 23.6 Å². The summed E-state index contributed by atoms with van der Waals surface area (Å²) in [5.41, 5.74) is 13.6. The van der Waals surface area contributed by atoms with E-state index >= 15 is 0 Å². The molecule has 0 saturated heterocycles. The van der Waals surface area contributed by atoms with Gasteiger partial charge >= 0.3 is 0 Å². The minimum absolute atomic E-state index is 0.327. The van der Waals surface area contributed by atoms with Gasteiger partial charge in [0.05, 0.1) is 0 Å². The molecule has 0 radical (unpaired) electrons. The number of furan rings is 1. The maximum absolute atomic E-state index is 6.77. The number of hydrogen-bond donors (Lipinski definition) is 0. The SMILES string of the molecule is CC1(c2ccc(-c3ccc(N(c4ccccc4)c4ccccc4)cc3)c3oc4ccccc4c23)c2ccccc2-c2ccccc21. The second kappa shape index (κ2) is 10.4. The summed E-state index contributed by atoms with van der Waals surface area (Å²) < 4.78 is 6.77. The molecular formula is C44H31NO. The largest absolute Gasteiger partial charge is 0.455 e. The third-order valence-electron chi connectivity index (χ3n) is 9.75. The predicted molar refractivity (Wildman–Crippen MR) is 191 cm³/mol. The molecule has 8 aromatic rings. The summed E-state index contributed by atoms with van der Waals surface area (Å²) in [6.07, 6.45) is 0. The highest BCUT2D eigenvalue weighted by molar-refractivity contribution is 6.12. The summed E-state index contributed by atoms with van der Waals surface area (Å²) in [6, 6.07) is 60.7. The van der Waals surface area contributed by atoms with Crippen LogP contribution in [0.5, 0.6) is 0 Å². The van der Waals surface area contributed by atoms with Crippen molar-refractivity contribution in [2.45, 2.75) is 12.3 Å². The Morgan fingerprint density at radius 3 is 1.59 bits per heavy atom. The zero-order chi connectivity index (χ0) is 30.7. The Hall–Kier alpha value is -5.86. The third kappa shape index (κ3) is 3.90. The van der Waals surface area contributed by atoms with E-state index < -0.39 is 0 Å². The molecule has 218 valence electrons. The molecule has 0 unspecified atom stereocenters. The summed E-state index contributed by atoms with van der Waals surface area (Å²) in [5, 5.41) is 2.33. The number of nitrogens with zero attached hydrogens (tertiary/aromatic N) is 1. The number of fused-ring (bicyclic) bond motifs is 6. The van der Waals surface area contributed by atoms with E-state index in [-0.39, 0.29) is 5.41 Å². The maximum atomic E-state index is 6.77. The first-order chi connectivity index (χ1) is 22.7. The number of benzene rings is 7. The van der Waals surface area contributed by atoms with Crippen molar-refractivity contribution < 1.29 is 4.42 Å². The fourth-order valence-electron chi connectivity index (χ4n) is 7.61. The van der Waals surface area contributed by atoms with Crippen LogP contribution in [0.2, 0.25) is 0 Å². The Balaban J connectivity index is 1.23. The van der Waals surface area contributed by atoms with Gasteiger partial charge in [-0.2, -0.15) is 0 Å². The highest BCUT2D eigenvalue weighted by atomic mass is 16.3. The van der Waals surface area contributed by atoms with Crippen LogP contribution in [-0.4, -0.2) is 0 Å². The number of anilines is 3. The van der Waals surface area contributed by atoms with Gasteiger partial charge in [0.25, 0.3) is 0 Å². The molecule has 0 bridgehead atoms. The highest BCUT2D eigenvalue weighted by Gasteiger charge is 2.42. The summed E-state index contributed by atoms with van der Waals surface area (Å²) in [4.78, 5) is 2.29. The zero-order valence-electron chi connectivity index (χ0n) is 25.5. The van der Waals surface area contributed by atoms with Crippen LogP contribution >= 0.6 is 0 Å². The Bertz CT molecular complexity index is 2280. The monoisotopic (exact) mass is 589 g/mol. The molecule has 0 N–H and O–H groups in total. The third-order valence-corrected chi connectivity index (χ3v) is 9.75. The number of rotatable bonds is 5. The van der Waals surface area contributed by atoms with Gasteiger partial charge in [-0.05, 0) is 82.8 Å². The second-order valence-corrected chi connectivity index (χ2v) is 12.2. The van der Waals surface area contributed by atoms with Crippen molar-refractivity contribution in [1.82, 2.24) is 0 Å². The summed E-state index contributed by atoms with van der Waals surface area (Å²) in [5.74, 6) is 0. The lowest BCUT2D eigenvalue weighted by Gasteiger charge is -2.29. The van der Waals surface area contributed by atoms with Gasteiger partial charge in [-0.15, -0.1) is 0 Å². The lowest BCUT2D eigenvalue weighted by atomic mass is 9.72. The fourth-order valence-corrected chi connectivity index (χ4v) is 7.61. The van der Waals surface area contributed by atoms with Crippen molar-refractivity contribution in [3.05, 3.63) is 187 Å². The lowest BCUT2D eigenvalue weighted by Crippen LogP contribution is -2.22. The standard InChI is InChI=1S/C44H31NO/c1-44(38-21-11-8-18-35(38)36-19-9-12-22-39(36)44)40-29-28-34(43-42(40)37-20-10-13-23-41(37)46-43)30-24-26-33(27-25-30)45(31-14-4-2-5-15-31)32-16-6-3-7-17-32/h2-29H,1H3. The van der Waals surface area contributed by atoms with E-state index in [1.807, 2.05) is 0 Å². The van der Waals surface area contributed by atoms with E-state index in [0.717, 1.165) is 44.7 Å². The normalized spacial score (nSPS) is 13.1. The minimum Gasteiger partial charge on any atom is -0.455 e. The molecular weight excluding hydrogens is 558 g/mol. The average Bonchev–Trinajstić information content (AvgIpc) is 3.64. The van der Waals surface area contributed by atoms with Crippen molar-refractivity contribution >= 4 is 39.0 Å². The lowest BCUT2D eigenvalue weighted by molar-refractivity contribution is 0.667. The van der Waals surface area contributed by atoms with Crippen LogP contribution in [0.25, 0.3) is 44.2 Å². The molecule has 0 atom stereocenters. The number of hydrogen-bond acceptors (Lipinski definition) is 2. The van der Waals surface area contributed by atoms with Gasteiger partial charge in [0.15, 0.2) is 0 Å². The second-order valence-electron chi connectivity index (χ2n) is 12.2. The minimum atomic E-state index is -0.327. The molecule has 0 aliphatic heterocycles. The van der Waals surface area contributed by atoms with Crippen LogP contribution in [0.3, 0.4) is 0 Å². The van der Waals surface area contributed by atoms with E-state index in [4.69, 9.17) is 4.42 Å². The van der Waals surface area contributed by atoms with Gasteiger partial charge in [-0.1, -0.05) is 127 Å². The molecule has 2 heteroatoms. The van der Waals surface area contributed by atoms with Gasteiger partial charge in [-0.3, -0.25) is 0 Å². The van der Waals surface area contributed by atoms with Crippen LogP contribution < -0.4 is 4.90 Å². The van der Waals surface area contributed by atoms with Crippen molar-refractivity contribution in [2.75, 3.05) is 4.90 Å². The molecule has 7 aromatic carbocycles. The fraction of sp³-hybridized carbons (Fsp3) is 0.0455. The van der Waals surface area contributed by atoms with Gasteiger partial charge < -0.3 is 9.32 Å². The molecule has 0 fully saturated rings. The van der Waals surface area contributed by atoms with Crippen molar-refractivity contribution in [1.29, 1.82) is 0 Å². The van der Waals surface area contributed by atoms with Crippen molar-refractivity contribution in [3.63, 3.8) is 0 Å². The smallest absolute Gasteiger partial charge is 0.143 e. The number of para-hydroxylation sites is 3. The molecule has 46 heavy (non-hydrogen) atoms. The van der Waals surface area contributed by atoms with Gasteiger partial charge in [0, 0.05) is 38.8 Å².